The van der Waals surface area contributed by atoms with Crippen LogP contribution in [-0.4, -0.2) is 60.8 Å². The van der Waals surface area contributed by atoms with Gasteiger partial charge in [0.25, 0.3) is 0 Å². The molecule has 0 aromatic heterocycles. The molecule has 0 aliphatic carbocycles. The van der Waals surface area contributed by atoms with Crippen molar-refractivity contribution in [3.05, 3.63) is 12.2 Å². The largest absolute Gasteiger partial charge is 0.478 e. The Hall–Kier alpha value is -1.40. The van der Waals surface area contributed by atoms with E-state index < -0.39 is 5.97 Å². The monoisotopic (exact) mass is 242 g/mol. The number of carbonyl (C=O) groups is 2. The summed E-state index contributed by atoms with van der Waals surface area (Å²) in [5.41, 5.74) is 0. The lowest BCUT2D eigenvalue weighted by Crippen LogP contribution is -2.45. The van der Waals surface area contributed by atoms with E-state index in [9.17, 15) is 9.59 Å². The number of nitrogens with zero attached hydrogens (tertiary/aromatic N) is 1. The molecule has 0 aromatic rings. The third-order valence-electron chi connectivity index (χ3n) is 2.40. The summed E-state index contributed by atoms with van der Waals surface area (Å²) < 4.78 is 5.22. The molecule has 1 fully saturated rings. The Morgan fingerprint density at radius 3 is 2.65 bits per heavy atom. The summed E-state index contributed by atoms with van der Waals surface area (Å²) in [5.74, 6) is -1.51. The van der Waals surface area contributed by atoms with E-state index in [0.717, 1.165) is 45.0 Å². The molecule has 1 amide bonds. The van der Waals surface area contributed by atoms with Crippen molar-refractivity contribution < 1.29 is 19.4 Å². The zero-order valence-electron chi connectivity index (χ0n) is 9.89. The molecule has 6 nitrogen and oxygen atoms in total. The number of carboxylic acids is 1. The molecule has 6 heteroatoms. The van der Waals surface area contributed by atoms with Gasteiger partial charge in [0.1, 0.15) is 0 Å². The minimum absolute atomic E-state index is 0.0148. The van der Waals surface area contributed by atoms with E-state index in [-0.39, 0.29) is 11.9 Å². The van der Waals surface area contributed by atoms with Crippen LogP contribution in [0.1, 0.15) is 6.92 Å². The van der Waals surface area contributed by atoms with Crippen LogP contribution in [0.4, 0.5) is 0 Å². The predicted octanol–water partition coefficient (Wildman–Crippen LogP) is -0.536. The van der Waals surface area contributed by atoms with Gasteiger partial charge in [-0.05, 0) is 6.92 Å². The highest BCUT2D eigenvalue weighted by Gasteiger charge is 2.14. The first kappa shape index (κ1) is 13.7. The molecular weight excluding hydrogens is 224 g/mol. The minimum Gasteiger partial charge on any atom is -0.478 e. The molecule has 2 N–H and O–H groups in total. The summed E-state index contributed by atoms with van der Waals surface area (Å²) in [4.78, 5) is 23.7. The number of morpholine rings is 1. The van der Waals surface area contributed by atoms with Crippen LogP contribution in [0.3, 0.4) is 0 Å². The molecule has 1 aliphatic rings. The molecule has 0 aromatic carbocycles. The molecule has 1 saturated heterocycles. The van der Waals surface area contributed by atoms with Crippen LogP contribution < -0.4 is 5.32 Å². The van der Waals surface area contributed by atoms with Crippen molar-refractivity contribution in [1.82, 2.24) is 10.2 Å². The maximum absolute atomic E-state index is 11.3. The predicted molar refractivity (Wildman–Crippen MR) is 61.6 cm³/mol. The second-order valence-electron chi connectivity index (χ2n) is 3.99. The second kappa shape index (κ2) is 7.03. The maximum atomic E-state index is 11.3. The van der Waals surface area contributed by atoms with Gasteiger partial charge in [-0.15, -0.1) is 0 Å². The third-order valence-corrected chi connectivity index (χ3v) is 2.40. The Balaban J connectivity index is 2.25. The molecule has 1 atom stereocenters. The van der Waals surface area contributed by atoms with Gasteiger partial charge in [0.2, 0.25) is 5.91 Å². The molecule has 0 spiro atoms. The number of rotatable bonds is 5. The van der Waals surface area contributed by atoms with Crippen molar-refractivity contribution >= 4 is 11.9 Å². The van der Waals surface area contributed by atoms with Crippen LogP contribution >= 0.6 is 0 Å². The summed E-state index contributed by atoms with van der Waals surface area (Å²) >= 11 is 0. The number of hydrogen-bond acceptors (Lipinski definition) is 4. The summed E-state index contributed by atoms with van der Waals surface area (Å²) in [6.45, 7) is 5.81. The summed E-state index contributed by atoms with van der Waals surface area (Å²) in [6.07, 6.45) is 1.86. The van der Waals surface area contributed by atoms with E-state index in [1.54, 1.807) is 0 Å². The second-order valence-corrected chi connectivity index (χ2v) is 3.99. The number of carboxylic acid groups (broad SMARTS) is 1. The molecule has 17 heavy (non-hydrogen) atoms. The molecule has 0 radical (unpaired) electrons. The molecular formula is C11H18N2O4. The Labute approximate surface area is 100 Å². The lowest BCUT2D eigenvalue weighted by atomic mass is 10.3. The lowest BCUT2D eigenvalue weighted by Gasteiger charge is -2.29. The quantitative estimate of drug-likeness (QED) is 0.633. The number of hydrogen-bond donors (Lipinski definition) is 2. The molecule has 0 saturated carbocycles. The fourth-order valence-electron chi connectivity index (χ4n) is 1.65. The van der Waals surface area contributed by atoms with Crippen LogP contribution in [0.15, 0.2) is 12.2 Å². The van der Waals surface area contributed by atoms with Crippen molar-refractivity contribution in [2.45, 2.75) is 13.0 Å². The maximum Gasteiger partial charge on any atom is 0.328 e. The van der Waals surface area contributed by atoms with Crippen molar-refractivity contribution in [3.8, 4) is 0 Å². The van der Waals surface area contributed by atoms with Gasteiger partial charge < -0.3 is 15.2 Å². The van der Waals surface area contributed by atoms with E-state index in [4.69, 9.17) is 9.84 Å². The Bertz CT molecular complexity index is 298. The highest BCUT2D eigenvalue weighted by atomic mass is 16.5. The summed E-state index contributed by atoms with van der Waals surface area (Å²) in [5, 5.41) is 11.1. The van der Waals surface area contributed by atoms with Gasteiger partial charge in [-0.1, -0.05) is 0 Å². The van der Waals surface area contributed by atoms with E-state index in [2.05, 4.69) is 10.2 Å². The Kier molecular flexibility index (Phi) is 5.65. The number of amides is 1. The SMILES string of the molecule is CC(CN1CCOCC1)NC(=O)/C=C/C(=O)O. The number of nitrogens with one attached hydrogen (secondary N) is 1. The smallest absolute Gasteiger partial charge is 0.328 e. The molecule has 1 unspecified atom stereocenters. The van der Waals surface area contributed by atoms with Gasteiger partial charge >= 0.3 is 5.97 Å². The van der Waals surface area contributed by atoms with Crippen molar-refractivity contribution in [2.75, 3.05) is 32.8 Å². The Morgan fingerprint density at radius 2 is 2.06 bits per heavy atom. The minimum atomic E-state index is -1.12. The van der Waals surface area contributed by atoms with Crippen molar-refractivity contribution in [2.24, 2.45) is 0 Å². The summed E-state index contributed by atoms with van der Waals surface area (Å²) in [7, 11) is 0. The van der Waals surface area contributed by atoms with E-state index in [1.807, 2.05) is 6.92 Å². The third kappa shape index (κ3) is 6.03. The molecule has 96 valence electrons. The fraction of sp³-hybridized carbons (Fsp3) is 0.636. The van der Waals surface area contributed by atoms with Crippen LogP contribution in [-0.2, 0) is 14.3 Å². The van der Waals surface area contributed by atoms with Gasteiger partial charge in [0.15, 0.2) is 0 Å². The first-order valence-corrected chi connectivity index (χ1v) is 5.59. The zero-order chi connectivity index (χ0) is 12.7. The first-order chi connectivity index (χ1) is 8.08. The van der Waals surface area contributed by atoms with Gasteiger partial charge in [0, 0.05) is 37.8 Å². The van der Waals surface area contributed by atoms with Gasteiger partial charge in [-0.3, -0.25) is 9.69 Å². The van der Waals surface area contributed by atoms with Gasteiger partial charge in [-0.25, -0.2) is 4.79 Å². The highest BCUT2D eigenvalue weighted by molar-refractivity contribution is 5.93. The van der Waals surface area contributed by atoms with Crippen LogP contribution in [0.5, 0.6) is 0 Å². The highest BCUT2D eigenvalue weighted by Crippen LogP contribution is 1.98. The molecule has 1 rings (SSSR count). The average molecular weight is 242 g/mol. The van der Waals surface area contributed by atoms with Crippen molar-refractivity contribution in [3.63, 3.8) is 0 Å². The Morgan fingerprint density at radius 1 is 1.41 bits per heavy atom. The standard InChI is InChI=1S/C11H18N2O4/c1-9(8-13-4-6-17-7-5-13)12-10(14)2-3-11(15)16/h2-3,9H,4-8H2,1H3,(H,12,14)(H,15,16)/b3-2+. The van der Waals surface area contributed by atoms with Crippen LogP contribution in [0, 0.1) is 0 Å². The van der Waals surface area contributed by atoms with Crippen LogP contribution in [0.25, 0.3) is 0 Å². The topological polar surface area (TPSA) is 78.9 Å². The lowest BCUT2D eigenvalue weighted by molar-refractivity contribution is -0.131. The van der Waals surface area contributed by atoms with Crippen LogP contribution in [0.2, 0.25) is 0 Å². The number of ether oxygens (including phenoxy) is 1. The van der Waals surface area contributed by atoms with E-state index in [1.165, 1.54) is 0 Å². The molecule has 1 aliphatic heterocycles. The van der Waals surface area contributed by atoms with E-state index >= 15 is 0 Å². The zero-order valence-corrected chi connectivity index (χ0v) is 9.89. The van der Waals surface area contributed by atoms with E-state index in [0.29, 0.717) is 0 Å². The van der Waals surface area contributed by atoms with Gasteiger partial charge in [-0.2, -0.15) is 0 Å². The summed E-state index contributed by atoms with van der Waals surface area (Å²) in [6, 6.07) is -0.0148. The fourth-order valence-corrected chi connectivity index (χ4v) is 1.65. The number of aliphatic carboxylic acids is 1. The van der Waals surface area contributed by atoms with Gasteiger partial charge in [0.05, 0.1) is 13.2 Å². The van der Waals surface area contributed by atoms with Crippen molar-refractivity contribution in [1.29, 1.82) is 0 Å². The first-order valence-electron chi connectivity index (χ1n) is 5.59. The normalized spacial score (nSPS) is 19.1. The molecule has 0 bridgehead atoms. The number of carbonyl (C=O) groups excluding carboxylic acids is 1. The average Bonchev–Trinajstić information content (AvgIpc) is 2.27. The molecule has 1 heterocycles.